The zero-order chi connectivity index (χ0) is 14.6. The van der Waals surface area contributed by atoms with Crippen molar-refractivity contribution in [2.45, 2.75) is 37.7 Å². The number of sulfonamides is 1. The summed E-state index contributed by atoms with van der Waals surface area (Å²) < 4.78 is 26.3. The summed E-state index contributed by atoms with van der Waals surface area (Å²) in [5, 5.41) is 17.9. The van der Waals surface area contributed by atoms with E-state index in [1.54, 1.807) is 13.8 Å². The maximum absolute atomic E-state index is 12.0. The molecule has 8 heteroatoms. The van der Waals surface area contributed by atoms with Gasteiger partial charge < -0.3 is 10.2 Å². The molecule has 3 N–H and O–H groups in total. The highest BCUT2D eigenvalue weighted by Gasteiger charge is 2.21. The highest BCUT2D eigenvalue weighted by atomic mass is 32.2. The predicted molar refractivity (Wildman–Crippen MR) is 72.1 cm³/mol. The fraction of sp³-hybridized carbons (Fsp3) is 0.545. The normalized spacial score (nSPS) is 13.4. The molecular formula is C11H17NO5S2. The van der Waals surface area contributed by atoms with Crippen LogP contribution < -0.4 is 4.72 Å². The van der Waals surface area contributed by atoms with Gasteiger partial charge >= 0.3 is 5.97 Å². The molecule has 0 bridgehead atoms. The molecule has 1 aromatic rings. The maximum atomic E-state index is 12.0. The molecule has 1 heterocycles. The largest absolute Gasteiger partial charge is 0.477 e. The number of aromatic carboxylic acids is 1. The van der Waals surface area contributed by atoms with Crippen LogP contribution >= 0.6 is 11.3 Å². The number of nitrogens with one attached hydrogen (secondary N) is 1. The third kappa shape index (κ3) is 4.57. The second-order valence-corrected chi connectivity index (χ2v) is 7.22. The molecule has 0 spiro atoms. The minimum Gasteiger partial charge on any atom is -0.477 e. The number of aliphatic hydroxyl groups excluding tert-OH is 1. The average molecular weight is 307 g/mol. The molecule has 0 fully saturated rings. The lowest BCUT2D eigenvalue weighted by Gasteiger charge is -2.07. The summed E-state index contributed by atoms with van der Waals surface area (Å²) in [6, 6.07) is 1.17. The van der Waals surface area contributed by atoms with Crippen LogP contribution in [0.4, 0.5) is 0 Å². The third-order valence-corrected chi connectivity index (χ3v) is 5.22. The van der Waals surface area contributed by atoms with E-state index < -0.39 is 22.1 Å². The molecule has 1 rings (SSSR count). The SMILES string of the molecule is Cc1sc(C(=O)O)cc1S(=O)(=O)NCCCC(C)O. The second kappa shape index (κ2) is 6.47. The molecule has 0 saturated heterocycles. The van der Waals surface area contributed by atoms with Gasteiger partial charge in [-0.25, -0.2) is 17.9 Å². The van der Waals surface area contributed by atoms with Gasteiger partial charge in [0, 0.05) is 11.4 Å². The summed E-state index contributed by atoms with van der Waals surface area (Å²) in [6.45, 7) is 3.42. The van der Waals surface area contributed by atoms with Crippen LogP contribution in [0.15, 0.2) is 11.0 Å². The van der Waals surface area contributed by atoms with Gasteiger partial charge in [0.1, 0.15) is 4.88 Å². The minimum absolute atomic E-state index is 0.00172. The first-order chi connectivity index (χ1) is 8.74. The Kier molecular flexibility index (Phi) is 5.48. The Labute approximate surface area is 116 Å². The molecule has 108 valence electrons. The van der Waals surface area contributed by atoms with Crippen LogP contribution in [-0.4, -0.2) is 37.2 Å². The molecule has 0 aliphatic heterocycles. The molecule has 1 aromatic heterocycles. The zero-order valence-electron chi connectivity index (χ0n) is 10.7. The van der Waals surface area contributed by atoms with Crippen LogP contribution in [0.2, 0.25) is 0 Å². The predicted octanol–water partition coefficient (Wildman–Crippen LogP) is 1.19. The van der Waals surface area contributed by atoms with Crippen molar-refractivity contribution in [3.63, 3.8) is 0 Å². The van der Waals surface area contributed by atoms with E-state index >= 15 is 0 Å². The molecule has 0 radical (unpaired) electrons. The summed E-state index contributed by atoms with van der Waals surface area (Å²) in [5.41, 5.74) is 0. The van der Waals surface area contributed by atoms with Crippen molar-refractivity contribution in [3.05, 3.63) is 15.8 Å². The van der Waals surface area contributed by atoms with E-state index in [4.69, 9.17) is 10.2 Å². The topological polar surface area (TPSA) is 104 Å². The van der Waals surface area contributed by atoms with Crippen LogP contribution in [0.1, 0.15) is 34.3 Å². The fourth-order valence-electron chi connectivity index (χ4n) is 1.52. The number of hydrogen-bond acceptors (Lipinski definition) is 5. The third-order valence-electron chi connectivity index (χ3n) is 2.46. The van der Waals surface area contributed by atoms with E-state index in [2.05, 4.69) is 4.72 Å². The van der Waals surface area contributed by atoms with Crippen molar-refractivity contribution in [2.24, 2.45) is 0 Å². The van der Waals surface area contributed by atoms with E-state index in [0.29, 0.717) is 17.7 Å². The van der Waals surface area contributed by atoms with Crippen LogP contribution in [0.5, 0.6) is 0 Å². The van der Waals surface area contributed by atoms with Gasteiger partial charge in [-0.2, -0.15) is 0 Å². The number of aryl methyl sites for hydroxylation is 1. The molecule has 1 unspecified atom stereocenters. The quantitative estimate of drug-likeness (QED) is 0.657. The first kappa shape index (κ1) is 16.1. The number of carbonyl (C=O) groups is 1. The van der Waals surface area contributed by atoms with Gasteiger partial charge in [0.25, 0.3) is 0 Å². The van der Waals surface area contributed by atoms with Crippen LogP contribution in [0, 0.1) is 6.92 Å². The molecule has 19 heavy (non-hydrogen) atoms. The Hall–Kier alpha value is -0.960. The number of thiophene rings is 1. The van der Waals surface area contributed by atoms with Crippen LogP contribution in [0.3, 0.4) is 0 Å². The van der Waals surface area contributed by atoms with Crippen molar-refractivity contribution in [2.75, 3.05) is 6.54 Å². The molecule has 0 aliphatic carbocycles. The van der Waals surface area contributed by atoms with Crippen molar-refractivity contribution in [1.82, 2.24) is 4.72 Å². The lowest BCUT2D eigenvalue weighted by Crippen LogP contribution is -2.25. The molecule has 0 saturated carbocycles. The van der Waals surface area contributed by atoms with Gasteiger partial charge in [0.15, 0.2) is 0 Å². The lowest BCUT2D eigenvalue weighted by molar-refractivity contribution is 0.0702. The first-order valence-corrected chi connectivity index (χ1v) is 8.05. The molecular weight excluding hydrogens is 290 g/mol. The summed E-state index contributed by atoms with van der Waals surface area (Å²) >= 11 is 0.935. The van der Waals surface area contributed by atoms with Gasteiger partial charge in [-0.05, 0) is 32.8 Å². The molecule has 1 atom stereocenters. The van der Waals surface area contributed by atoms with Gasteiger partial charge in [-0.3, -0.25) is 0 Å². The maximum Gasteiger partial charge on any atom is 0.345 e. The number of carboxylic acid groups (broad SMARTS) is 1. The fourth-order valence-corrected chi connectivity index (χ4v) is 4.02. The van der Waals surface area contributed by atoms with Crippen LogP contribution in [-0.2, 0) is 10.0 Å². The van der Waals surface area contributed by atoms with Crippen molar-refractivity contribution in [1.29, 1.82) is 0 Å². The van der Waals surface area contributed by atoms with Crippen LogP contribution in [0.25, 0.3) is 0 Å². The monoisotopic (exact) mass is 307 g/mol. The van der Waals surface area contributed by atoms with Crippen molar-refractivity contribution in [3.8, 4) is 0 Å². The Balaban J connectivity index is 2.75. The summed E-state index contributed by atoms with van der Waals surface area (Å²) in [6.07, 6.45) is 0.559. The highest BCUT2D eigenvalue weighted by Crippen LogP contribution is 2.25. The number of rotatable bonds is 7. The average Bonchev–Trinajstić information content (AvgIpc) is 2.67. The Morgan fingerprint density at radius 1 is 1.53 bits per heavy atom. The van der Waals surface area contributed by atoms with Crippen molar-refractivity contribution >= 4 is 27.3 Å². The summed E-state index contributed by atoms with van der Waals surface area (Å²) in [7, 11) is -3.69. The number of aliphatic hydroxyl groups is 1. The minimum atomic E-state index is -3.69. The molecule has 0 aromatic carbocycles. The van der Waals surface area contributed by atoms with Crippen molar-refractivity contribution < 1.29 is 23.4 Å². The highest BCUT2D eigenvalue weighted by molar-refractivity contribution is 7.89. The number of hydrogen-bond donors (Lipinski definition) is 3. The smallest absolute Gasteiger partial charge is 0.345 e. The van der Waals surface area contributed by atoms with Gasteiger partial charge in [0.05, 0.1) is 11.0 Å². The van der Waals surface area contributed by atoms with E-state index in [1.807, 2.05) is 0 Å². The Morgan fingerprint density at radius 3 is 2.63 bits per heavy atom. The van der Waals surface area contributed by atoms with E-state index in [-0.39, 0.29) is 16.3 Å². The van der Waals surface area contributed by atoms with E-state index in [1.165, 1.54) is 6.07 Å². The molecule has 0 amide bonds. The van der Waals surface area contributed by atoms with Gasteiger partial charge in [0.2, 0.25) is 10.0 Å². The van der Waals surface area contributed by atoms with E-state index in [9.17, 15) is 13.2 Å². The van der Waals surface area contributed by atoms with Gasteiger partial charge in [-0.15, -0.1) is 11.3 Å². The lowest BCUT2D eigenvalue weighted by atomic mass is 10.2. The second-order valence-electron chi connectivity index (χ2n) is 4.23. The zero-order valence-corrected chi connectivity index (χ0v) is 12.3. The molecule has 6 nitrogen and oxygen atoms in total. The first-order valence-electron chi connectivity index (χ1n) is 5.75. The summed E-state index contributed by atoms with van der Waals surface area (Å²) in [4.78, 5) is 11.2. The Morgan fingerprint density at radius 2 is 2.16 bits per heavy atom. The summed E-state index contributed by atoms with van der Waals surface area (Å²) in [5.74, 6) is -1.14. The van der Waals surface area contributed by atoms with E-state index in [0.717, 1.165) is 11.3 Å². The Bertz CT molecular complexity index is 547. The standard InChI is InChI=1S/C11H17NO5S2/c1-7(13)4-3-5-12-19(16,17)10-6-9(11(14)15)18-8(10)2/h6-7,12-13H,3-5H2,1-2H3,(H,14,15). The van der Waals surface area contributed by atoms with Gasteiger partial charge in [-0.1, -0.05) is 0 Å². The number of carboxylic acids is 1. The molecule has 0 aliphatic rings.